The van der Waals surface area contributed by atoms with Gasteiger partial charge in [-0.15, -0.1) is 0 Å². The molecule has 1 aromatic rings. The molecule has 1 amide bonds. The number of pyridine rings is 1. The molecule has 0 fully saturated rings. The summed E-state index contributed by atoms with van der Waals surface area (Å²) >= 11 is 0. The first-order valence-corrected chi connectivity index (χ1v) is 5.72. The molecular weight excluding hydrogens is 234 g/mol. The fraction of sp³-hybridized carbons (Fsp3) is 0.417. The Labute approximate surface area is 105 Å². The molecule has 0 spiro atoms. The first kappa shape index (κ1) is 14.0. The van der Waals surface area contributed by atoms with Crippen LogP contribution in [0.1, 0.15) is 35.8 Å². The van der Waals surface area contributed by atoms with Gasteiger partial charge in [0.2, 0.25) is 0 Å². The first-order valence-electron chi connectivity index (χ1n) is 5.72. The Morgan fingerprint density at radius 3 is 2.67 bits per heavy atom. The van der Waals surface area contributed by atoms with Gasteiger partial charge in [0.1, 0.15) is 11.9 Å². The van der Waals surface area contributed by atoms with E-state index in [9.17, 15) is 9.59 Å². The molecule has 0 aromatic carbocycles. The third-order valence-corrected chi connectivity index (χ3v) is 2.49. The minimum atomic E-state index is -0.976. The van der Waals surface area contributed by atoms with Gasteiger partial charge >= 0.3 is 5.97 Å². The zero-order chi connectivity index (χ0) is 13.7. The van der Waals surface area contributed by atoms with Crippen molar-refractivity contribution in [3.05, 3.63) is 23.4 Å². The second-order valence-electron chi connectivity index (χ2n) is 4.04. The van der Waals surface area contributed by atoms with E-state index in [0.29, 0.717) is 18.5 Å². The Morgan fingerprint density at radius 1 is 1.50 bits per heavy atom. The second-order valence-corrected chi connectivity index (χ2v) is 4.04. The molecule has 1 aromatic heterocycles. The lowest BCUT2D eigenvalue weighted by atomic mass is 10.1. The van der Waals surface area contributed by atoms with Crippen LogP contribution in [0.2, 0.25) is 0 Å². The minimum absolute atomic E-state index is 0.197. The molecule has 0 saturated heterocycles. The van der Waals surface area contributed by atoms with E-state index in [1.807, 2.05) is 6.92 Å². The fourth-order valence-electron chi connectivity index (χ4n) is 1.58. The number of carboxylic acids is 1. The van der Waals surface area contributed by atoms with Gasteiger partial charge in [0.25, 0.3) is 5.91 Å². The number of hydrogen-bond donors (Lipinski definition) is 3. The van der Waals surface area contributed by atoms with Crippen LogP contribution in [0.5, 0.6) is 0 Å². The molecule has 4 N–H and O–H groups in total. The van der Waals surface area contributed by atoms with Crippen LogP contribution in [-0.2, 0) is 4.79 Å². The molecule has 0 aliphatic carbocycles. The smallest absolute Gasteiger partial charge is 0.326 e. The molecule has 6 heteroatoms. The van der Waals surface area contributed by atoms with Gasteiger partial charge in [0, 0.05) is 5.69 Å². The van der Waals surface area contributed by atoms with E-state index >= 15 is 0 Å². The average Bonchev–Trinajstić information content (AvgIpc) is 2.28. The highest BCUT2D eigenvalue weighted by atomic mass is 16.4. The fourth-order valence-corrected chi connectivity index (χ4v) is 1.58. The Balaban J connectivity index is 3.03. The van der Waals surface area contributed by atoms with Gasteiger partial charge in [-0.1, -0.05) is 13.3 Å². The number of aryl methyl sites for hydroxylation is 1. The summed E-state index contributed by atoms with van der Waals surface area (Å²) in [6, 6.07) is 2.42. The zero-order valence-electron chi connectivity index (χ0n) is 10.4. The van der Waals surface area contributed by atoms with Crippen molar-refractivity contribution in [1.82, 2.24) is 4.98 Å². The number of carboxylic acid groups (broad SMARTS) is 1. The summed E-state index contributed by atoms with van der Waals surface area (Å²) in [4.78, 5) is 26.4. The molecule has 0 saturated carbocycles. The number of amides is 1. The number of aliphatic carboxylic acids is 1. The monoisotopic (exact) mass is 251 g/mol. The summed E-state index contributed by atoms with van der Waals surface area (Å²) in [5.74, 6) is -1.38. The summed E-state index contributed by atoms with van der Waals surface area (Å²) in [5, 5.41) is 11.8. The normalized spacial score (nSPS) is 11.9. The van der Waals surface area contributed by atoms with E-state index in [0.717, 1.165) is 0 Å². The predicted molar refractivity (Wildman–Crippen MR) is 67.4 cm³/mol. The number of anilines is 1. The van der Waals surface area contributed by atoms with Gasteiger partial charge in [0.15, 0.2) is 0 Å². The number of nitrogens with one attached hydrogen (secondary N) is 1. The summed E-state index contributed by atoms with van der Waals surface area (Å²) in [7, 11) is 0. The number of nitrogens with zero attached hydrogens (tertiary/aromatic N) is 1. The van der Waals surface area contributed by atoms with E-state index in [-0.39, 0.29) is 11.4 Å². The van der Waals surface area contributed by atoms with Gasteiger partial charge in [-0.05, 0) is 25.5 Å². The van der Waals surface area contributed by atoms with Crippen molar-refractivity contribution in [3.8, 4) is 0 Å². The molecule has 0 aliphatic rings. The molecule has 0 bridgehead atoms. The van der Waals surface area contributed by atoms with E-state index in [4.69, 9.17) is 10.8 Å². The van der Waals surface area contributed by atoms with Crippen LogP contribution in [0, 0.1) is 6.92 Å². The maximum Gasteiger partial charge on any atom is 0.326 e. The van der Waals surface area contributed by atoms with Crippen LogP contribution in [0.25, 0.3) is 0 Å². The van der Waals surface area contributed by atoms with Crippen molar-refractivity contribution in [2.75, 3.05) is 5.32 Å². The maximum atomic E-state index is 11.2. The van der Waals surface area contributed by atoms with Gasteiger partial charge in [-0.25, -0.2) is 9.78 Å². The molecule has 1 atom stereocenters. The van der Waals surface area contributed by atoms with Crippen LogP contribution in [0.3, 0.4) is 0 Å². The Bertz CT molecular complexity index is 460. The molecule has 1 heterocycles. The molecule has 1 unspecified atom stereocenters. The number of carbonyl (C=O) groups is 2. The van der Waals surface area contributed by atoms with Crippen LogP contribution < -0.4 is 11.1 Å². The average molecular weight is 251 g/mol. The number of nitrogens with two attached hydrogens (primary N) is 1. The number of hydrogen-bond acceptors (Lipinski definition) is 4. The highest BCUT2D eigenvalue weighted by Crippen LogP contribution is 2.15. The molecule has 98 valence electrons. The van der Waals surface area contributed by atoms with E-state index in [1.54, 1.807) is 13.0 Å². The Kier molecular flexibility index (Phi) is 4.65. The molecule has 1 rings (SSSR count). The summed E-state index contributed by atoms with van der Waals surface area (Å²) in [6.45, 7) is 3.64. The highest BCUT2D eigenvalue weighted by Gasteiger charge is 2.19. The van der Waals surface area contributed by atoms with Crippen LogP contribution >= 0.6 is 0 Å². The maximum absolute atomic E-state index is 11.2. The third kappa shape index (κ3) is 3.44. The van der Waals surface area contributed by atoms with Gasteiger partial charge in [0.05, 0.1) is 5.56 Å². The molecule has 0 radical (unpaired) electrons. The largest absolute Gasteiger partial charge is 0.480 e. The minimum Gasteiger partial charge on any atom is -0.480 e. The van der Waals surface area contributed by atoms with Crippen molar-refractivity contribution >= 4 is 17.7 Å². The lowest BCUT2D eigenvalue weighted by Crippen LogP contribution is -2.31. The summed E-state index contributed by atoms with van der Waals surface area (Å²) < 4.78 is 0. The quantitative estimate of drug-likeness (QED) is 0.703. The predicted octanol–water partition coefficient (Wildman–Crippen LogP) is 1.15. The van der Waals surface area contributed by atoms with Crippen LogP contribution in [0.15, 0.2) is 12.1 Å². The van der Waals surface area contributed by atoms with Crippen molar-refractivity contribution in [1.29, 1.82) is 0 Å². The number of primary amides is 1. The van der Waals surface area contributed by atoms with E-state index in [1.165, 1.54) is 6.07 Å². The van der Waals surface area contributed by atoms with Crippen molar-refractivity contribution in [2.24, 2.45) is 5.73 Å². The van der Waals surface area contributed by atoms with E-state index < -0.39 is 17.9 Å². The molecule has 6 nitrogen and oxygen atoms in total. The number of rotatable bonds is 6. The summed E-state index contributed by atoms with van der Waals surface area (Å²) in [6.07, 6.45) is 1.16. The number of aromatic nitrogens is 1. The lowest BCUT2D eigenvalue weighted by molar-refractivity contribution is -0.138. The van der Waals surface area contributed by atoms with E-state index in [2.05, 4.69) is 10.3 Å². The topological polar surface area (TPSA) is 105 Å². The van der Waals surface area contributed by atoms with Gasteiger partial charge < -0.3 is 16.2 Å². The standard InChI is InChI=1S/C12H17N3O3/c1-3-4-9(12(17)18)15-11-8(10(13)16)6-5-7(2)14-11/h5-6,9H,3-4H2,1-2H3,(H2,13,16)(H,14,15)(H,17,18). The van der Waals surface area contributed by atoms with Gasteiger partial charge in [-0.3, -0.25) is 4.79 Å². The Morgan fingerprint density at radius 2 is 2.17 bits per heavy atom. The number of carbonyl (C=O) groups excluding carboxylic acids is 1. The highest BCUT2D eigenvalue weighted by molar-refractivity contribution is 5.98. The molecule has 0 aliphatic heterocycles. The SMILES string of the molecule is CCCC(Nc1nc(C)ccc1C(N)=O)C(=O)O. The van der Waals surface area contributed by atoms with Crippen molar-refractivity contribution in [2.45, 2.75) is 32.7 Å². The third-order valence-electron chi connectivity index (χ3n) is 2.49. The lowest BCUT2D eigenvalue weighted by Gasteiger charge is -2.16. The van der Waals surface area contributed by atoms with Crippen LogP contribution in [0.4, 0.5) is 5.82 Å². The second kappa shape index (κ2) is 6.00. The first-order chi connectivity index (χ1) is 8.45. The summed E-state index contributed by atoms with van der Waals surface area (Å²) in [5.41, 5.74) is 6.10. The van der Waals surface area contributed by atoms with Crippen LogP contribution in [-0.4, -0.2) is 28.0 Å². The van der Waals surface area contributed by atoms with Gasteiger partial charge in [-0.2, -0.15) is 0 Å². The van der Waals surface area contributed by atoms with Crippen molar-refractivity contribution in [3.63, 3.8) is 0 Å². The zero-order valence-corrected chi connectivity index (χ0v) is 10.4. The molecule has 18 heavy (non-hydrogen) atoms. The Hall–Kier alpha value is -2.11. The molecular formula is C12H17N3O3. The van der Waals surface area contributed by atoms with Crippen molar-refractivity contribution < 1.29 is 14.7 Å².